The van der Waals surface area contributed by atoms with Crippen molar-refractivity contribution in [2.75, 3.05) is 29.9 Å². The van der Waals surface area contributed by atoms with Crippen LogP contribution < -0.4 is 10.2 Å². The molecule has 1 N–H and O–H groups in total. The highest BCUT2D eigenvalue weighted by molar-refractivity contribution is 6.20. The molecule has 3 amide bonds. The van der Waals surface area contributed by atoms with Crippen LogP contribution in [0.4, 0.5) is 16.2 Å². The Morgan fingerprint density at radius 1 is 1.26 bits per heavy atom. The number of aliphatic imine (C=N–C) groups is 1. The molecule has 0 saturated carbocycles. The van der Waals surface area contributed by atoms with Gasteiger partial charge in [-0.25, -0.2) is 4.79 Å². The number of nitrogens with one attached hydrogen (secondary N) is 1. The lowest BCUT2D eigenvalue weighted by atomic mass is 10.1. The summed E-state index contributed by atoms with van der Waals surface area (Å²) in [5.74, 6) is 0.451. The number of hydrogen-bond donors (Lipinski definition) is 1. The van der Waals surface area contributed by atoms with E-state index >= 15 is 0 Å². The van der Waals surface area contributed by atoms with Gasteiger partial charge in [0.2, 0.25) is 5.91 Å². The molecule has 1 aromatic carbocycles. The van der Waals surface area contributed by atoms with Gasteiger partial charge in [-0.2, -0.15) is 5.10 Å². The minimum Gasteiger partial charge on any atom is -0.321 e. The molecule has 0 radical (unpaired) electrons. The van der Waals surface area contributed by atoms with Crippen molar-refractivity contribution in [2.24, 2.45) is 12.0 Å². The Kier molecular flexibility index (Phi) is 4.18. The molecule has 0 atom stereocenters. The number of urea groups is 1. The highest BCUT2D eigenvalue weighted by atomic mass is 16.2. The Balaban J connectivity index is 1.63. The van der Waals surface area contributed by atoms with Crippen molar-refractivity contribution in [3.63, 3.8) is 0 Å². The molecule has 2 aromatic rings. The summed E-state index contributed by atoms with van der Waals surface area (Å²) in [7, 11) is 1.83. The predicted molar refractivity (Wildman–Crippen MR) is 103 cm³/mol. The Bertz CT molecular complexity index is 961. The lowest BCUT2D eigenvalue weighted by Gasteiger charge is -2.39. The molecule has 2 aliphatic heterocycles. The quantitative estimate of drug-likeness (QED) is 0.903. The van der Waals surface area contributed by atoms with E-state index in [1.54, 1.807) is 9.58 Å². The standard InChI is InChI=1S/C19H22N6O2/c1-12-17(13(2)23(3)22-12)21-16(26)11-25-15-8-5-4-7-14(15)18-20-9-6-10-24(18)19(25)27/h4-5,7-8H,6,9-11H2,1-3H3,(H,21,26). The van der Waals surface area contributed by atoms with Gasteiger partial charge in [0.05, 0.1) is 22.8 Å². The second-order valence-corrected chi connectivity index (χ2v) is 6.81. The zero-order valence-corrected chi connectivity index (χ0v) is 15.7. The number of carbonyl (C=O) groups is 2. The first-order chi connectivity index (χ1) is 13.0. The predicted octanol–water partition coefficient (Wildman–Crippen LogP) is 2.07. The summed E-state index contributed by atoms with van der Waals surface area (Å²) in [6.45, 7) is 5.01. The number of aromatic nitrogens is 2. The van der Waals surface area contributed by atoms with Crippen LogP contribution in [0.1, 0.15) is 23.4 Å². The van der Waals surface area contributed by atoms with Crippen LogP contribution >= 0.6 is 0 Å². The van der Waals surface area contributed by atoms with Crippen molar-refractivity contribution >= 4 is 29.1 Å². The van der Waals surface area contributed by atoms with E-state index in [1.807, 2.05) is 45.2 Å². The van der Waals surface area contributed by atoms with E-state index in [-0.39, 0.29) is 18.5 Å². The van der Waals surface area contributed by atoms with Crippen LogP contribution in [0.15, 0.2) is 29.3 Å². The Morgan fingerprint density at radius 3 is 2.78 bits per heavy atom. The van der Waals surface area contributed by atoms with Crippen LogP contribution in [0.25, 0.3) is 0 Å². The van der Waals surface area contributed by atoms with Crippen molar-refractivity contribution in [3.8, 4) is 0 Å². The maximum Gasteiger partial charge on any atom is 0.330 e. The summed E-state index contributed by atoms with van der Waals surface area (Å²) in [4.78, 5) is 33.5. The first kappa shape index (κ1) is 17.3. The van der Waals surface area contributed by atoms with Crippen molar-refractivity contribution in [3.05, 3.63) is 41.2 Å². The first-order valence-electron chi connectivity index (χ1n) is 9.00. The second-order valence-electron chi connectivity index (χ2n) is 6.81. The smallest absolute Gasteiger partial charge is 0.321 e. The van der Waals surface area contributed by atoms with Gasteiger partial charge in [0, 0.05) is 25.7 Å². The van der Waals surface area contributed by atoms with Gasteiger partial charge < -0.3 is 5.32 Å². The number of nitrogens with zero attached hydrogens (tertiary/aromatic N) is 5. The second kappa shape index (κ2) is 6.53. The zero-order valence-electron chi connectivity index (χ0n) is 15.7. The molecular weight excluding hydrogens is 344 g/mol. The summed E-state index contributed by atoms with van der Waals surface area (Å²) in [6, 6.07) is 7.38. The van der Waals surface area contributed by atoms with E-state index < -0.39 is 0 Å². The molecule has 3 heterocycles. The fourth-order valence-corrected chi connectivity index (χ4v) is 3.60. The summed E-state index contributed by atoms with van der Waals surface area (Å²) < 4.78 is 1.72. The molecule has 0 saturated heterocycles. The minimum absolute atomic E-state index is 0.0621. The molecule has 140 valence electrons. The van der Waals surface area contributed by atoms with Crippen LogP contribution in [0.3, 0.4) is 0 Å². The summed E-state index contributed by atoms with van der Waals surface area (Å²) in [5, 5.41) is 7.22. The van der Waals surface area contributed by atoms with E-state index in [1.165, 1.54) is 4.90 Å². The molecular formula is C19H22N6O2. The Morgan fingerprint density at radius 2 is 2.04 bits per heavy atom. The third-order valence-electron chi connectivity index (χ3n) is 5.03. The molecule has 1 aromatic heterocycles. The largest absolute Gasteiger partial charge is 0.330 e. The van der Waals surface area contributed by atoms with E-state index in [0.717, 1.165) is 23.4 Å². The molecule has 0 aliphatic carbocycles. The highest BCUT2D eigenvalue weighted by Crippen LogP contribution is 2.30. The third-order valence-corrected chi connectivity index (χ3v) is 5.03. The van der Waals surface area contributed by atoms with E-state index in [4.69, 9.17) is 0 Å². The molecule has 4 rings (SSSR count). The number of hydrogen-bond acceptors (Lipinski definition) is 4. The van der Waals surface area contributed by atoms with Gasteiger partial charge in [0.1, 0.15) is 12.4 Å². The number of benzene rings is 1. The van der Waals surface area contributed by atoms with E-state index in [2.05, 4.69) is 15.4 Å². The molecule has 2 aliphatic rings. The number of rotatable bonds is 3. The lowest BCUT2D eigenvalue weighted by molar-refractivity contribution is -0.114. The van der Waals surface area contributed by atoms with Crippen LogP contribution in [0, 0.1) is 13.8 Å². The van der Waals surface area contributed by atoms with Crippen LogP contribution in [-0.4, -0.2) is 52.1 Å². The van der Waals surface area contributed by atoms with Gasteiger partial charge in [0.15, 0.2) is 0 Å². The van der Waals surface area contributed by atoms with Crippen molar-refractivity contribution < 1.29 is 9.59 Å². The molecule has 8 heteroatoms. The van der Waals surface area contributed by atoms with Gasteiger partial charge in [-0.3, -0.25) is 24.3 Å². The number of aryl methyl sites for hydroxylation is 2. The summed E-state index contributed by atoms with van der Waals surface area (Å²) in [6.07, 6.45) is 0.825. The topological polar surface area (TPSA) is 82.8 Å². The van der Waals surface area contributed by atoms with Gasteiger partial charge in [-0.1, -0.05) is 12.1 Å². The van der Waals surface area contributed by atoms with Crippen molar-refractivity contribution in [1.29, 1.82) is 0 Å². The SMILES string of the molecule is Cc1nn(C)c(C)c1NC(=O)CN1C(=O)N2CCCN=C2c2ccccc21. The number of para-hydroxylation sites is 1. The lowest BCUT2D eigenvalue weighted by Crippen LogP contribution is -2.54. The number of fused-ring (bicyclic) bond motifs is 3. The van der Waals surface area contributed by atoms with Crippen molar-refractivity contribution in [2.45, 2.75) is 20.3 Å². The number of anilines is 2. The van der Waals surface area contributed by atoms with Gasteiger partial charge in [-0.05, 0) is 32.4 Å². The summed E-state index contributed by atoms with van der Waals surface area (Å²) >= 11 is 0. The molecule has 0 unspecified atom stereocenters. The average molecular weight is 366 g/mol. The molecule has 0 spiro atoms. The molecule has 27 heavy (non-hydrogen) atoms. The number of carbonyl (C=O) groups excluding carboxylic acids is 2. The fraction of sp³-hybridized carbons (Fsp3) is 0.368. The van der Waals surface area contributed by atoms with Gasteiger partial charge in [-0.15, -0.1) is 0 Å². The third kappa shape index (κ3) is 2.87. The Hall–Kier alpha value is -3.16. The van der Waals surface area contributed by atoms with Gasteiger partial charge >= 0.3 is 6.03 Å². The fourth-order valence-electron chi connectivity index (χ4n) is 3.60. The van der Waals surface area contributed by atoms with E-state index in [0.29, 0.717) is 30.3 Å². The number of amidine groups is 1. The van der Waals surface area contributed by atoms with Crippen LogP contribution in [-0.2, 0) is 11.8 Å². The molecule has 0 bridgehead atoms. The number of amides is 3. The molecule has 0 fully saturated rings. The maximum absolute atomic E-state index is 13.0. The zero-order chi connectivity index (χ0) is 19.1. The summed E-state index contributed by atoms with van der Waals surface area (Å²) in [5.41, 5.74) is 3.92. The minimum atomic E-state index is -0.255. The highest BCUT2D eigenvalue weighted by Gasteiger charge is 2.36. The van der Waals surface area contributed by atoms with E-state index in [9.17, 15) is 9.59 Å². The maximum atomic E-state index is 13.0. The van der Waals surface area contributed by atoms with Crippen LogP contribution in [0.2, 0.25) is 0 Å². The average Bonchev–Trinajstić information content (AvgIpc) is 2.91. The first-order valence-corrected chi connectivity index (χ1v) is 9.00. The molecule has 8 nitrogen and oxygen atoms in total. The van der Waals surface area contributed by atoms with Crippen LogP contribution in [0.5, 0.6) is 0 Å². The van der Waals surface area contributed by atoms with Gasteiger partial charge in [0.25, 0.3) is 0 Å². The monoisotopic (exact) mass is 366 g/mol. The Labute approximate surface area is 157 Å². The van der Waals surface area contributed by atoms with Crippen molar-refractivity contribution in [1.82, 2.24) is 14.7 Å². The normalized spacial score (nSPS) is 16.0.